The van der Waals surface area contributed by atoms with Gasteiger partial charge in [-0.15, -0.1) is 0 Å². The summed E-state index contributed by atoms with van der Waals surface area (Å²) in [6.07, 6.45) is 1.67. The third-order valence-electron chi connectivity index (χ3n) is 5.11. The quantitative estimate of drug-likeness (QED) is 0.473. The summed E-state index contributed by atoms with van der Waals surface area (Å²) in [7, 11) is 1.66. The van der Waals surface area contributed by atoms with Crippen LogP contribution in [-0.2, 0) is 6.54 Å². The van der Waals surface area contributed by atoms with Crippen LogP contribution in [0.4, 0.5) is 4.39 Å². The topological polar surface area (TPSA) is 78.4 Å². The first kappa shape index (κ1) is 20.4. The number of phenolic OH excluding ortho intramolecular Hbond substituents is 1. The summed E-state index contributed by atoms with van der Waals surface area (Å²) >= 11 is 0. The zero-order chi connectivity index (χ0) is 22.0. The van der Waals surface area contributed by atoms with Crippen LogP contribution in [0.1, 0.15) is 22.8 Å². The Morgan fingerprint density at radius 3 is 2.81 bits per heavy atom. The summed E-state index contributed by atoms with van der Waals surface area (Å²) in [6.45, 7) is 2.45. The molecule has 0 spiro atoms. The summed E-state index contributed by atoms with van der Waals surface area (Å²) in [6, 6.07) is 14.7. The van der Waals surface area contributed by atoms with E-state index < -0.39 is 0 Å². The summed E-state index contributed by atoms with van der Waals surface area (Å²) in [5, 5.41) is 18.0. The molecule has 0 fully saturated rings. The van der Waals surface area contributed by atoms with E-state index in [0.29, 0.717) is 40.1 Å². The van der Waals surface area contributed by atoms with Crippen molar-refractivity contribution in [1.82, 2.24) is 15.1 Å². The molecule has 7 heteroatoms. The Bertz CT molecular complexity index is 1250. The second-order valence-electron chi connectivity index (χ2n) is 7.21. The van der Waals surface area contributed by atoms with Gasteiger partial charge < -0.3 is 14.7 Å². The van der Waals surface area contributed by atoms with E-state index in [9.17, 15) is 14.3 Å². The largest absolute Gasteiger partial charge is 0.508 e. The fourth-order valence-electron chi connectivity index (χ4n) is 3.58. The van der Waals surface area contributed by atoms with Crippen molar-refractivity contribution < 1.29 is 19.0 Å². The maximum absolute atomic E-state index is 13.7. The lowest BCUT2D eigenvalue weighted by Crippen LogP contribution is -2.26. The third-order valence-corrected chi connectivity index (χ3v) is 5.11. The number of nitrogens with one attached hydrogen (secondary N) is 1. The lowest BCUT2D eigenvalue weighted by molar-refractivity contribution is 0.0784. The Hall–Kier alpha value is -3.87. The average Bonchev–Trinajstić information content (AvgIpc) is 3.24. The number of rotatable bonds is 6. The number of carbonyl (C=O) groups is 1. The van der Waals surface area contributed by atoms with Crippen LogP contribution in [0, 0.1) is 5.82 Å². The van der Waals surface area contributed by atoms with Crippen molar-refractivity contribution in [2.75, 3.05) is 13.7 Å². The van der Waals surface area contributed by atoms with Gasteiger partial charge in [0.2, 0.25) is 0 Å². The minimum Gasteiger partial charge on any atom is -0.508 e. The molecular weight excluding hydrogens is 397 g/mol. The molecule has 3 aromatic carbocycles. The highest BCUT2D eigenvalue weighted by Crippen LogP contribution is 2.32. The van der Waals surface area contributed by atoms with Gasteiger partial charge in [-0.3, -0.25) is 9.89 Å². The molecule has 0 aliphatic heterocycles. The average molecular weight is 419 g/mol. The molecule has 2 N–H and O–H groups in total. The Kier molecular flexibility index (Phi) is 5.58. The molecule has 158 valence electrons. The number of hydrogen-bond acceptors (Lipinski definition) is 4. The number of aromatic nitrogens is 2. The smallest absolute Gasteiger partial charge is 0.254 e. The molecule has 0 aliphatic carbocycles. The van der Waals surface area contributed by atoms with Gasteiger partial charge >= 0.3 is 0 Å². The molecule has 1 heterocycles. The van der Waals surface area contributed by atoms with Crippen LogP contribution in [-0.4, -0.2) is 39.8 Å². The Morgan fingerprint density at radius 2 is 2.03 bits per heavy atom. The first-order valence-electron chi connectivity index (χ1n) is 9.90. The highest BCUT2D eigenvalue weighted by atomic mass is 19.1. The number of amides is 1. The maximum atomic E-state index is 13.7. The number of nitrogens with zero attached hydrogens (tertiary/aromatic N) is 2. The van der Waals surface area contributed by atoms with Gasteiger partial charge in [0.25, 0.3) is 5.91 Å². The van der Waals surface area contributed by atoms with E-state index in [1.54, 1.807) is 55.7 Å². The minimum atomic E-state index is -0.340. The second-order valence-corrected chi connectivity index (χ2v) is 7.21. The van der Waals surface area contributed by atoms with Crippen LogP contribution < -0.4 is 4.74 Å². The van der Waals surface area contributed by atoms with Gasteiger partial charge in [-0.1, -0.05) is 12.1 Å². The Morgan fingerprint density at radius 1 is 1.19 bits per heavy atom. The molecule has 6 nitrogen and oxygen atoms in total. The van der Waals surface area contributed by atoms with E-state index in [1.807, 2.05) is 6.92 Å². The molecule has 0 atom stereocenters. The number of phenols is 1. The van der Waals surface area contributed by atoms with Crippen molar-refractivity contribution in [2.24, 2.45) is 0 Å². The molecule has 31 heavy (non-hydrogen) atoms. The Labute approximate surface area is 178 Å². The van der Waals surface area contributed by atoms with Crippen LogP contribution in [0.5, 0.6) is 11.5 Å². The summed E-state index contributed by atoms with van der Waals surface area (Å²) < 4.78 is 19.4. The van der Waals surface area contributed by atoms with Gasteiger partial charge in [-0.25, -0.2) is 4.39 Å². The SMILES string of the molecule is CCOc1cc(C(=O)N(C)Cc2c(O)ccc3cn[nH]c23)ccc1-c1cccc(F)c1. The number of hydrogen-bond donors (Lipinski definition) is 2. The molecule has 0 bridgehead atoms. The van der Waals surface area contributed by atoms with Gasteiger partial charge in [-0.2, -0.15) is 5.10 Å². The number of aromatic hydroxyl groups is 1. The summed E-state index contributed by atoms with van der Waals surface area (Å²) in [5.41, 5.74) is 3.10. The molecule has 4 aromatic rings. The second kappa shape index (κ2) is 8.47. The first-order valence-corrected chi connectivity index (χ1v) is 9.90. The number of H-pyrrole nitrogens is 1. The standard InChI is InChI=1S/C24H22FN3O3/c1-3-31-22-12-16(7-9-19(22)15-5-4-6-18(25)11-15)24(30)28(2)14-20-21(29)10-8-17-13-26-27-23(17)20/h4-13,29H,3,14H2,1-2H3,(H,26,27). The van der Waals surface area contributed by atoms with Gasteiger partial charge in [0, 0.05) is 29.1 Å². The number of halogens is 1. The number of aromatic amines is 1. The van der Waals surface area contributed by atoms with Crippen LogP contribution in [0.25, 0.3) is 22.0 Å². The van der Waals surface area contributed by atoms with Crippen LogP contribution >= 0.6 is 0 Å². The number of carbonyl (C=O) groups excluding carboxylic acids is 1. The van der Waals surface area contributed by atoms with Crippen LogP contribution in [0.15, 0.2) is 60.8 Å². The highest BCUT2D eigenvalue weighted by molar-refractivity contribution is 5.96. The van der Waals surface area contributed by atoms with Crippen molar-refractivity contribution in [2.45, 2.75) is 13.5 Å². The fraction of sp³-hybridized carbons (Fsp3) is 0.167. The molecule has 0 radical (unpaired) electrons. The zero-order valence-corrected chi connectivity index (χ0v) is 17.2. The van der Waals surface area contributed by atoms with E-state index in [-0.39, 0.29) is 24.0 Å². The highest BCUT2D eigenvalue weighted by Gasteiger charge is 2.18. The molecule has 1 aromatic heterocycles. The van der Waals surface area contributed by atoms with E-state index in [4.69, 9.17) is 4.74 Å². The summed E-state index contributed by atoms with van der Waals surface area (Å²) in [4.78, 5) is 14.6. The van der Waals surface area contributed by atoms with E-state index >= 15 is 0 Å². The first-order chi connectivity index (χ1) is 15.0. The molecule has 0 aliphatic rings. The van der Waals surface area contributed by atoms with E-state index in [2.05, 4.69) is 10.2 Å². The number of benzene rings is 3. The lowest BCUT2D eigenvalue weighted by atomic mass is 10.0. The van der Waals surface area contributed by atoms with Crippen molar-refractivity contribution in [3.63, 3.8) is 0 Å². The number of fused-ring (bicyclic) bond motifs is 1. The molecule has 0 unspecified atom stereocenters. The Balaban J connectivity index is 1.64. The maximum Gasteiger partial charge on any atom is 0.254 e. The summed E-state index contributed by atoms with van der Waals surface area (Å²) in [5.74, 6) is 0.0222. The number of ether oxygens (including phenoxy) is 1. The van der Waals surface area contributed by atoms with Gasteiger partial charge in [0.05, 0.1) is 24.9 Å². The minimum absolute atomic E-state index is 0.0906. The van der Waals surface area contributed by atoms with Crippen LogP contribution in [0.3, 0.4) is 0 Å². The monoisotopic (exact) mass is 419 g/mol. The van der Waals surface area contributed by atoms with Crippen LogP contribution in [0.2, 0.25) is 0 Å². The van der Waals surface area contributed by atoms with Crippen molar-refractivity contribution in [3.05, 3.63) is 77.7 Å². The fourth-order valence-corrected chi connectivity index (χ4v) is 3.58. The molecular formula is C24H22FN3O3. The van der Waals surface area contributed by atoms with Crippen molar-refractivity contribution >= 4 is 16.8 Å². The van der Waals surface area contributed by atoms with Gasteiger partial charge in [-0.05, 0) is 55.0 Å². The van der Waals surface area contributed by atoms with Gasteiger partial charge in [0.15, 0.2) is 0 Å². The molecule has 1 amide bonds. The molecule has 4 rings (SSSR count). The molecule has 0 saturated heterocycles. The van der Waals surface area contributed by atoms with Crippen molar-refractivity contribution in [3.8, 4) is 22.6 Å². The van der Waals surface area contributed by atoms with E-state index in [0.717, 1.165) is 5.39 Å². The predicted molar refractivity (Wildman–Crippen MR) is 117 cm³/mol. The molecule has 0 saturated carbocycles. The van der Waals surface area contributed by atoms with Gasteiger partial charge in [0.1, 0.15) is 17.3 Å². The third kappa shape index (κ3) is 4.07. The normalized spacial score (nSPS) is 10.9. The van der Waals surface area contributed by atoms with E-state index in [1.165, 1.54) is 17.0 Å². The van der Waals surface area contributed by atoms with Crippen molar-refractivity contribution in [1.29, 1.82) is 0 Å². The zero-order valence-electron chi connectivity index (χ0n) is 17.2. The predicted octanol–water partition coefficient (Wildman–Crippen LogP) is 4.75. The lowest BCUT2D eigenvalue weighted by Gasteiger charge is -2.20.